The fourth-order valence-electron chi connectivity index (χ4n) is 2.11. The largest absolute Gasteiger partial charge is 0.370 e. The van der Waals surface area contributed by atoms with Crippen molar-refractivity contribution in [2.24, 2.45) is 11.7 Å². The lowest BCUT2D eigenvalue weighted by Crippen LogP contribution is -2.56. The second-order valence-electron chi connectivity index (χ2n) is 4.95. The summed E-state index contributed by atoms with van der Waals surface area (Å²) < 4.78 is 5.62. The predicted octanol–water partition coefficient (Wildman–Crippen LogP) is 0.999. The van der Waals surface area contributed by atoms with Crippen LogP contribution in [0.25, 0.3) is 0 Å². The van der Waals surface area contributed by atoms with Crippen LogP contribution in [-0.4, -0.2) is 42.6 Å². The highest BCUT2D eigenvalue weighted by atomic mass is 16.5. The Kier molecular flexibility index (Phi) is 4.74. The van der Waals surface area contributed by atoms with E-state index >= 15 is 0 Å². The molecule has 2 atom stereocenters. The van der Waals surface area contributed by atoms with E-state index in [2.05, 4.69) is 6.92 Å². The molecule has 4 nitrogen and oxygen atoms in total. The van der Waals surface area contributed by atoms with Gasteiger partial charge < -0.3 is 15.4 Å². The van der Waals surface area contributed by atoms with Gasteiger partial charge in [-0.15, -0.1) is 0 Å². The van der Waals surface area contributed by atoms with Crippen molar-refractivity contribution in [2.45, 2.75) is 39.2 Å². The minimum atomic E-state index is -0.361. The van der Waals surface area contributed by atoms with Gasteiger partial charge in [-0.25, -0.2) is 0 Å². The molecule has 0 radical (unpaired) electrons. The van der Waals surface area contributed by atoms with Crippen LogP contribution in [-0.2, 0) is 9.53 Å². The Balaban J connectivity index is 2.56. The quantitative estimate of drug-likeness (QED) is 0.781. The summed E-state index contributed by atoms with van der Waals surface area (Å²) in [6, 6.07) is 0. The zero-order valence-corrected chi connectivity index (χ0v) is 10.7. The van der Waals surface area contributed by atoms with E-state index in [1.54, 1.807) is 0 Å². The fourth-order valence-corrected chi connectivity index (χ4v) is 2.11. The Labute approximate surface area is 98.1 Å². The third-order valence-electron chi connectivity index (χ3n) is 3.22. The zero-order chi connectivity index (χ0) is 12.2. The average Bonchev–Trinajstić information content (AvgIpc) is 2.28. The highest BCUT2D eigenvalue weighted by Crippen LogP contribution is 2.19. The molecule has 0 aromatic carbocycles. The highest BCUT2D eigenvalue weighted by molar-refractivity contribution is 5.78. The summed E-state index contributed by atoms with van der Waals surface area (Å²) in [6.07, 6.45) is 2.00. The lowest BCUT2D eigenvalue weighted by atomic mass is 10.0. The van der Waals surface area contributed by atoms with E-state index in [-0.39, 0.29) is 17.4 Å². The number of amides is 1. The number of carbonyl (C=O) groups is 1. The molecule has 1 aliphatic heterocycles. The predicted molar refractivity (Wildman–Crippen MR) is 64.1 cm³/mol. The van der Waals surface area contributed by atoms with Gasteiger partial charge in [0.05, 0.1) is 18.8 Å². The van der Waals surface area contributed by atoms with Crippen molar-refractivity contribution >= 4 is 5.91 Å². The first-order valence-corrected chi connectivity index (χ1v) is 6.15. The van der Waals surface area contributed by atoms with E-state index in [0.717, 1.165) is 12.8 Å². The second-order valence-corrected chi connectivity index (χ2v) is 4.95. The second kappa shape index (κ2) is 5.64. The van der Waals surface area contributed by atoms with E-state index in [9.17, 15) is 4.79 Å². The molecule has 1 rings (SSSR count). The standard InChI is InChI=1S/C12H24N2O2/c1-4-5-10(2)11(15)14-6-7-16-12(3,8-13)9-14/h10H,4-9,13H2,1-3H3. The molecular formula is C12H24N2O2. The Morgan fingerprint density at radius 1 is 1.62 bits per heavy atom. The maximum atomic E-state index is 12.1. The van der Waals surface area contributed by atoms with Crippen molar-refractivity contribution in [2.75, 3.05) is 26.2 Å². The molecule has 0 aromatic heterocycles. The van der Waals surface area contributed by atoms with Crippen LogP contribution in [0.1, 0.15) is 33.6 Å². The molecule has 1 fully saturated rings. The van der Waals surface area contributed by atoms with E-state index in [1.807, 2.05) is 18.7 Å². The molecule has 16 heavy (non-hydrogen) atoms. The van der Waals surface area contributed by atoms with Crippen molar-refractivity contribution in [1.82, 2.24) is 4.90 Å². The molecular weight excluding hydrogens is 204 g/mol. The summed E-state index contributed by atoms with van der Waals surface area (Å²) in [4.78, 5) is 14.0. The summed E-state index contributed by atoms with van der Waals surface area (Å²) in [5.41, 5.74) is 5.31. The Hall–Kier alpha value is -0.610. The Bertz CT molecular complexity index is 245. The van der Waals surface area contributed by atoms with Gasteiger partial charge in [-0.05, 0) is 13.3 Å². The Morgan fingerprint density at radius 2 is 2.31 bits per heavy atom. The Morgan fingerprint density at radius 3 is 2.88 bits per heavy atom. The van der Waals surface area contributed by atoms with Gasteiger partial charge in [-0.3, -0.25) is 4.79 Å². The summed E-state index contributed by atoms with van der Waals surface area (Å²) in [5.74, 6) is 0.356. The van der Waals surface area contributed by atoms with Crippen LogP contribution in [0.4, 0.5) is 0 Å². The molecule has 1 saturated heterocycles. The molecule has 0 aromatic rings. The third kappa shape index (κ3) is 3.19. The first-order valence-electron chi connectivity index (χ1n) is 6.15. The summed E-state index contributed by atoms with van der Waals surface area (Å²) in [5, 5.41) is 0. The molecule has 94 valence electrons. The van der Waals surface area contributed by atoms with Gasteiger partial charge in [0.15, 0.2) is 0 Å². The number of nitrogens with two attached hydrogens (primary N) is 1. The van der Waals surface area contributed by atoms with Crippen LogP contribution >= 0.6 is 0 Å². The van der Waals surface area contributed by atoms with Crippen LogP contribution in [0.3, 0.4) is 0 Å². The average molecular weight is 228 g/mol. The smallest absolute Gasteiger partial charge is 0.225 e. The molecule has 0 spiro atoms. The summed E-state index contributed by atoms with van der Waals surface area (Å²) >= 11 is 0. The minimum Gasteiger partial charge on any atom is -0.370 e. The van der Waals surface area contributed by atoms with Crippen LogP contribution in [0.5, 0.6) is 0 Å². The van der Waals surface area contributed by atoms with E-state index < -0.39 is 0 Å². The van der Waals surface area contributed by atoms with Gasteiger partial charge in [0.2, 0.25) is 5.91 Å². The molecule has 2 unspecified atom stereocenters. The van der Waals surface area contributed by atoms with Gasteiger partial charge >= 0.3 is 0 Å². The zero-order valence-electron chi connectivity index (χ0n) is 10.7. The van der Waals surface area contributed by atoms with Crippen LogP contribution in [0, 0.1) is 5.92 Å². The highest BCUT2D eigenvalue weighted by Gasteiger charge is 2.34. The van der Waals surface area contributed by atoms with Crippen molar-refractivity contribution in [1.29, 1.82) is 0 Å². The van der Waals surface area contributed by atoms with E-state index in [1.165, 1.54) is 0 Å². The van der Waals surface area contributed by atoms with Crippen LogP contribution in [0.15, 0.2) is 0 Å². The van der Waals surface area contributed by atoms with Gasteiger partial charge in [0.1, 0.15) is 0 Å². The molecule has 2 N–H and O–H groups in total. The van der Waals surface area contributed by atoms with E-state index in [4.69, 9.17) is 10.5 Å². The van der Waals surface area contributed by atoms with Crippen LogP contribution < -0.4 is 5.73 Å². The molecule has 0 aliphatic carbocycles. The number of ether oxygens (including phenoxy) is 1. The number of hydrogen-bond acceptors (Lipinski definition) is 3. The monoisotopic (exact) mass is 228 g/mol. The maximum absolute atomic E-state index is 12.1. The molecule has 0 bridgehead atoms. The first kappa shape index (κ1) is 13.5. The number of rotatable bonds is 4. The lowest BCUT2D eigenvalue weighted by molar-refractivity contribution is -0.150. The summed E-state index contributed by atoms with van der Waals surface area (Å²) in [7, 11) is 0. The topological polar surface area (TPSA) is 55.6 Å². The fraction of sp³-hybridized carbons (Fsp3) is 0.917. The molecule has 1 amide bonds. The summed E-state index contributed by atoms with van der Waals surface area (Å²) in [6.45, 7) is 8.45. The van der Waals surface area contributed by atoms with Gasteiger partial charge in [0, 0.05) is 19.0 Å². The van der Waals surface area contributed by atoms with Crippen molar-refractivity contribution in [3.05, 3.63) is 0 Å². The lowest BCUT2D eigenvalue weighted by Gasteiger charge is -2.40. The molecule has 1 heterocycles. The minimum absolute atomic E-state index is 0.116. The normalized spacial score (nSPS) is 27.9. The number of morpholine rings is 1. The number of hydrogen-bond donors (Lipinski definition) is 1. The molecule has 1 aliphatic rings. The van der Waals surface area contributed by atoms with Gasteiger partial charge in [-0.2, -0.15) is 0 Å². The van der Waals surface area contributed by atoms with Gasteiger partial charge in [-0.1, -0.05) is 20.3 Å². The first-order chi connectivity index (χ1) is 7.52. The van der Waals surface area contributed by atoms with Crippen LogP contribution in [0.2, 0.25) is 0 Å². The third-order valence-corrected chi connectivity index (χ3v) is 3.22. The maximum Gasteiger partial charge on any atom is 0.225 e. The van der Waals surface area contributed by atoms with Gasteiger partial charge in [0.25, 0.3) is 0 Å². The number of carbonyl (C=O) groups excluding carboxylic acids is 1. The number of nitrogens with zero attached hydrogens (tertiary/aromatic N) is 1. The van der Waals surface area contributed by atoms with Crippen molar-refractivity contribution in [3.8, 4) is 0 Å². The molecule has 4 heteroatoms. The SMILES string of the molecule is CCCC(C)C(=O)N1CCOC(C)(CN)C1. The van der Waals surface area contributed by atoms with Crippen molar-refractivity contribution in [3.63, 3.8) is 0 Å². The van der Waals surface area contributed by atoms with Crippen molar-refractivity contribution < 1.29 is 9.53 Å². The molecule has 0 saturated carbocycles. The van der Waals surface area contributed by atoms with E-state index in [0.29, 0.717) is 26.2 Å².